The second-order valence-electron chi connectivity index (χ2n) is 3.53. The van der Waals surface area contributed by atoms with Crippen molar-refractivity contribution in [3.8, 4) is 0 Å². The molecule has 1 N–H and O–H groups in total. The fraction of sp³-hybridized carbons (Fsp3) is 0.167. The molecule has 0 aliphatic heterocycles. The van der Waals surface area contributed by atoms with Crippen molar-refractivity contribution in [2.45, 2.75) is 6.04 Å². The van der Waals surface area contributed by atoms with Crippen molar-refractivity contribution in [1.82, 2.24) is 5.32 Å². The van der Waals surface area contributed by atoms with Crippen LogP contribution >= 0.6 is 39.1 Å². The first-order valence-electron chi connectivity index (χ1n) is 4.99. The van der Waals surface area contributed by atoms with Gasteiger partial charge in [0.1, 0.15) is 5.76 Å². The fourth-order valence-electron chi connectivity index (χ4n) is 1.67. The van der Waals surface area contributed by atoms with Crippen molar-refractivity contribution in [1.29, 1.82) is 0 Å². The van der Waals surface area contributed by atoms with Gasteiger partial charge in [-0.3, -0.25) is 0 Å². The highest BCUT2D eigenvalue weighted by atomic mass is 79.9. The maximum absolute atomic E-state index is 6.18. The van der Waals surface area contributed by atoms with Gasteiger partial charge in [0.2, 0.25) is 0 Å². The molecule has 0 bridgehead atoms. The molecule has 0 saturated carbocycles. The van der Waals surface area contributed by atoms with Gasteiger partial charge in [0, 0.05) is 10.0 Å². The lowest BCUT2D eigenvalue weighted by Crippen LogP contribution is -2.17. The van der Waals surface area contributed by atoms with Crippen LogP contribution in [0.4, 0.5) is 0 Å². The average molecular weight is 335 g/mol. The monoisotopic (exact) mass is 333 g/mol. The van der Waals surface area contributed by atoms with Crippen LogP contribution in [0.3, 0.4) is 0 Å². The molecule has 2 nitrogen and oxygen atoms in total. The number of hydrogen-bond donors (Lipinski definition) is 1. The van der Waals surface area contributed by atoms with Crippen LogP contribution in [-0.4, -0.2) is 7.05 Å². The zero-order valence-electron chi connectivity index (χ0n) is 9.01. The quantitative estimate of drug-likeness (QED) is 0.883. The van der Waals surface area contributed by atoms with Gasteiger partial charge < -0.3 is 9.73 Å². The van der Waals surface area contributed by atoms with Crippen molar-refractivity contribution >= 4 is 39.1 Å². The molecule has 2 aromatic rings. The summed E-state index contributed by atoms with van der Waals surface area (Å²) in [5, 5.41) is 4.40. The van der Waals surface area contributed by atoms with Gasteiger partial charge in [-0.25, -0.2) is 0 Å². The Bertz CT molecular complexity index is 527. The summed E-state index contributed by atoms with van der Waals surface area (Å²) >= 11 is 15.3. The number of rotatable bonds is 3. The molecule has 0 fully saturated rings. The summed E-state index contributed by atoms with van der Waals surface area (Å²) in [6, 6.07) is 9.08. The Hall–Kier alpha value is -0.480. The molecule has 0 spiro atoms. The van der Waals surface area contributed by atoms with Gasteiger partial charge >= 0.3 is 0 Å². The van der Waals surface area contributed by atoms with E-state index in [1.807, 2.05) is 31.3 Å². The van der Waals surface area contributed by atoms with Crippen molar-refractivity contribution in [2.75, 3.05) is 7.05 Å². The van der Waals surface area contributed by atoms with Crippen LogP contribution in [0.15, 0.2) is 39.4 Å². The molecule has 1 aromatic carbocycles. The topological polar surface area (TPSA) is 25.2 Å². The summed E-state index contributed by atoms with van der Waals surface area (Å²) in [4.78, 5) is 0. The third kappa shape index (κ3) is 2.86. The van der Waals surface area contributed by atoms with Crippen LogP contribution in [0.1, 0.15) is 17.4 Å². The third-order valence-electron chi connectivity index (χ3n) is 2.44. The summed E-state index contributed by atoms with van der Waals surface area (Å²) in [7, 11) is 1.85. The van der Waals surface area contributed by atoms with Crippen LogP contribution in [-0.2, 0) is 0 Å². The zero-order valence-corrected chi connectivity index (χ0v) is 12.1. The Morgan fingerprint density at radius 1 is 1.24 bits per heavy atom. The normalized spacial score (nSPS) is 12.7. The first-order chi connectivity index (χ1) is 8.11. The maximum atomic E-state index is 6.18. The molecule has 90 valence electrons. The summed E-state index contributed by atoms with van der Waals surface area (Å²) < 4.78 is 6.23. The number of benzene rings is 1. The Labute approximate surface area is 118 Å². The van der Waals surface area contributed by atoms with Gasteiger partial charge in [-0.05, 0) is 52.8 Å². The van der Waals surface area contributed by atoms with Gasteiger partial charge in [-0.2, -0.15) is 0 Å². The molecule has 5 heteroatoms. The van der Waals surface area contributed by atoms with Crippen molar-refractivity contribution in [2.24, 2.45) is 0 Å². The van der Waals surface area contributed by atoms with Gasteiger partial charge in [-0.1, -0.05) is 29.3 Å². The average Bonchev–Trinajstić information content (AvgIpc) is 2.69. The van der Waals surface area contributed by atoms with E-state index in [4.69, 9.17) is 27.6 Å². The molecule has 1 aromatic heterocycles. The van der Waals surface area contributed by atoms with Crippen LogP contribution < -0.4 is 5.32 Å². The SMILES string of the molecule is CNC(c1ccc(Br)o1)c1ccc(Cl)cc1Cl. The van der Waals surface area contributed by atoms with Gasteiger partial charge in [0.25, 0.3) is 0 Å². The van der Waals surface area contributed by atoms with Crippen LogP contribution in [0.5, 0.6) is 0 Å². The number of halogens is 3. The number of furan rings is 1. The van der Waals surface area contributed by atoms with E-state index in [0.717, 1.165) is 11.3 Å². The van der Waals surface area contributed by atoms with E-state index in [1.54, 1.807) is 6.07 Å². The van der Waals surface area contributed by atoms with E-state index in [-0.39, 0.29) is 6.04 Å². The summed E-state index contributed by atoms with van der Waals surface area (Å²) in [5.74, 6) is 0.795. The second kappa shape index (κ2) is 5.44. The van der Waals surface area contributed by atoms with E-state index < -0.39 is 0 Å². The Morgan fingerprint density at radius 2 is 2.00 bits per heavy atom. The zero-order chi connectivity index (χ0) is 12.4. The number of hydrogen-bond acceptors (Lipinski definition) is 2. The summed E-state index contributed by atoms with van der Waals surface area (Å²) in [6.45, 7) is 0. The second-order valence-corrected chi connectivity index (χ2v) is 5.15. The summed E-state index contributed by atoms with van der Waals surface area (Å²) in [5.41, 5.74) is 0.931. The van der Waals surface area contributed by atoms with Crippen molar-refractivity contribution < 1.29 is 4.42 Å². The molecule has 0 aliphatic carbocycles. The highest BCUT2D eigenvalue weighted by Gasteiger charge is 2.18. The Kier molecular flexibility index (Phi) is 4.15. The van der Waals surface area contributed by atoms with E-state index in [2.05, 4.69) is 21.2 Å². The minimum atomic E-state index is -0.0916. The molecule has 0 saturated heterocycles. The molecule has 0 radical (unpaired) electrons. The predicted molar refractivity (Wildman–Crippen MR) is 73.8 cm³/mol. The van der Waals surface area contributed by atoms with E-state index in [0.29, 0.717) is 14.7 Å². The van der Waals surface area contributed by atoms with Crippen LogP contribution in [0.25, 0.3) is 0 Å². The fourth-order valence-corrected chi connectivity index (χ4v) is 2.51. The maximum Gasteiger partial charge on any atom is 0.169 e. The smallest absolute Gasteiger partial charge is 0.169 e. The molecule has 0 amide bonds. The largest absolute Gasteiger partial charge is 0.452 e. The molecule has 0 aliphatic rings. The Balaban J connectivity index is 2.42. The molecular weight excluding hydrogens is 325 g/mol. The van der Waals surface area contributed by atoms with E-state index in [9.17, 15) is 0 Å². The van der Waals surface area contributed by atoms with E-state index >= 15 is 0 Å². The minimum Gasteiger partial charge on any atom is -0.452 e. The van der Waals surface area contributed by atoms with Gasteiger partial charge in [-0.15, -0.1) is 0 Å². The van der Waals surface area contributed by atoms with Gasteiger partial charge in [0.15, 0.2) is 4.67 Å². The molecule has 2 rings (SSSR count). The minimum absolute atomic E-state index is 0.0916. The molecule has 1 unspecified atom stereocenters. The van der Waals surface area contributed by atoms with Crippen molar-refractivity contribution in [3.63, 3.8) is 0 Å². The lowest BCUT2D eigenvalue weighted by Gasteiger charge is -2.15. The van der Waals surface area contributed by atoms with Crippen molar-refractivity contribution in [3.05, 3.63) is 56.4 Å². The Morgan fingerprint density at radius 3 is 2.53 bits per heavy atom. The lowest BCUT2D eigenvalue weighted by molar-refractivity contribution is 0.447. The van der Waals surface area contributed by atoms with Crippen LogP contribution in [0.2, 0.25) is 10.0 Å². The standard InChI is InChI=1S/C12H10BrCl2NO/c1-16-12(10-4-5-11(13)17-10)8-3-2-7(14)6-9(8)15/h2-6,12,16H,1H3. The molecule has 17 heavy (non-hydrogen) atoms. The third-order valence-corrected chi connectivity index (χ3v) is 3.43. The molecular formula is C12H10BrCl2NO. The summed E-state index contributed by atoms with van der Waals surface area (Å²) in [6.07, 6.45) is 0. The number of nitrogens with one attached hydrogen (secondary N) is 1. The van der Waals surface area contributed by atoms with Gasteiger partial charge in [0.05, 0.1) is 6.04 Å². The lowest BCUT2D eigenvalue weighted by atomic mass is 10.0. The predicted octanol–water partition coefficient (Wildman–Crippen LogP) is 4.66. The molecule has 1 heterocycles. The first kappa shape index (κ1) is 13.0. The highest BCUT2D eigenvalue weighted by molar-refractivity contribution is 9.10. The van der Waals surface area contributed by atoms with E-state index in [1.165, 1.54) is 0 Å². The highest BCUT2D eigenvalue weighted by Crippen LogP contribution is 2.31. The van der Waals surface area contributed by atoms with Crippen LogP contribution in [0, 0.1) is 0 Å². The first-order valence-corrected chi connectivity index (χ1v) is 6.54. The molecule has 1 atom stereocenters.